The molecular weight excluding hydrogens is 212 g/mol. The maximum Gasteiger partial charge on any atom is 0.0956 e. The lowest BCUT2D eigenvalue weighted by atomic mass is 9.74. The number of aliphatic hydroxyl groups excluding tert-OH is 1. The van der Waals surface area contributed by atoms with Gasteiger partial charge in [0.1, 0.15) is 0 Å². The van der Waals surface area contributed by atoms with Gasteiger partial charge in [0.2, 0.25) is 0 Å². The number of rotatable bonds is 1. The Morgan fingerprint density at radius 1 is 1.24 bits per heavy atom. The van der Waals surface area contributed by atoms with Crippen LogP contribution in [0, 0.1) is 5.92 Å². The average Bonchev–Trinajstić information content (AvgIpc) is 2.91. The van der Waals surface area contributed by atoms with Crippen LogP contribution in [-0.4, -0.2) is 20.8 Å². The van der Waals surface area contributed by atoms with Crippen molar-refractivity contribution in [2.24, 2.45) is 5.92 Å². The summed E-state index contributed by atoms with van der Waals surface area (Å²) in [6.45, 7) is 0. The zero-order valence-electron chi connectivity index (χ0n) is 9.45. The van der Waals surface area contributed by atoms with Crippen LogP contribution in [0.4, 0.5) is 0 Å². The topological polar surface area (TPSA) is 38.1 Å². The number of aromatic nitrogens is 2. The highest BCUT2D eigenvalue weighted by Gasteiger charge is 2.41. The van der Waals surface area contributed by atoms with Gasteiger partial charge in [-0.2, -0.15) is 0 Å². The molecule has 1 aliphatic carbocycles. The number of imidazole rings is 1. The summed E-state index contributed by atoms with van der Waals surface area (Å²) in [5.41, 5.74) is 3.80. The number of nitrogens with zero attached hydrogens (tertiary/aromatic N) is 2. The Morgan fingerprint density at radius 3 is 2.88 bits per heavy atom. The van der Waals surface area contributed by atoms with Crippen LogP contribution < -0.4 is 0 Å². The number of hydrogen-bond donors (Lipinski definition) is 1. The molecule has 2 aromatic rings. The molecule has 0 amide bonds. The fourth-order valence-electron chi connectivity index (χ4n) is 3.19. The smallest absolute Gasteiger partial charge is 0.0956 e. The maximum absolute atomic E-state index is 9.92. The third-order valence-electron chi connectivity index (χ3n) is 4.22. The van der Waals surface area contributed by atoms with Crippen LogP contribution in [0.15, 0.2) is 36.8 Å². The second-order valence-corrected chi connectivity index (χ2v) is 5.03. The third kappa shape index (κ3) is 1.12. The second-order valence-electron chi connectivity index (χ2n) is 5.03. The lowest BCUT2D eigenvalue weighted by molar-refractivity contribution is 0.00415. The molecule has 3 heteroatoms. The Balaban J connectivity index is 1.90. The SMILES string of the molecule is OC1CCC1[C@@H]1c2ccccc2-c2cncn21. The maximum atomic E-state index is 9.92. The van der Waals surface area contributed by atoms with E-state index in [9.17, 15) is 5.11 Å². The molecule has 0 radical (unpaired) electrons. The predicted octanol–water partition coefficient (Wildman–Crippen LogP) is 2.22. The molecule has 2 aliphatic rings. The van der Waals surface area contributed by atoms with Gasteiger partial charge < -0.3 is 9.67 Å². The summed E-state index contributed by atoms with van der Waals surface area (Å²) in [6, 6.07) is 8.76. The number of hydrogen-bond acceptors (Lipinski definition) is 2. The minimum Gasteiger partial charge on any atom is -0.393 e. The molecule has 3 atom stereocenters. The summed E-state index contributed by atoms with van der Waals surface area (Å²) in [5.74, 6) is 0.353. The van der Waals surface area contributed by atoms with Crippen LogP contribution in [0.1, 0.15) is 24.4 Å². The predicted molar refractivity (Wildman–Crippen MR) is 64.5 cm³/mol. The monoisotopic (exact) mass is 226 g/mol. The van der Waals surface area contributed by atoms with Gasteiger partial charge in [-0.1, -0.05) is 24.3 Å². The van der Waals surface area contributed by atoms with Crippen molar-refractivity contribution in [2.75, 3.05) is 0 Å². The Kier molecular flexibility index (Phi) is 1.77. The van der Waals surface area contributed by atoms with Crippen LogP contribution in [0.2, 0.25) is 0 Å². The lowest BCUT2D eigenvalue weighted by Crippen LogP contribution is -2.37. The van der Waals surface area contributed by atoms with E-state index in [1.54, 1.807) is 0 Å². The van der Waals surface area contributed by atoms with E-state index in [1.807, 2.05) is 12.5 Å². The molecule has 4 rings (SSSR count). The van der Waals surface area contributed by atoms with E-state index in [1.165, 1.54) is 16.8 Å². The zero-order chi connectivity index (χ0) is 11.4. The molecule has 17 heavy (non-hydrogen) atoms. The molecule has 0 bridgehead atoms. The van der Waals surface area contributed by atoms with Gasteiger partial charge in [0.25, 0.3) is 0 Å². The van der Waals surface area contributed by atoms with Crippen molar-refractivity contribution >= 4 is 0 Å². The van der Waals surface area contributed by atoms with Gasteiger partial charge >= 0.3 is 0 Å². The van der Waals surface area contributed by atoms with Gasteiger partial charge in [0.05, 0.1) is 30.4 Å². The third-order valence-corrected chi connectivity index (χ3v) is 4.22. The Hall–Kier alpha value is -1.61. The molecule has 1 aromatic carbocycles. The van der Waals surface area contributed by atoms with Crippen LogP contribution in [0.3, 0.4) is 0 Å². The summed E-state index contributed by atoms with van der Waals surface area (Å²) >= 11 is 0. The number of fused-ring (bicyclic) bond motifs is 3. The van der Waals surface area contributed by atoms with Crippen molar-refractivity contribution < 1.29 is 5.11 Å². The van der Waals surface area contributed by atoms with E-state index in [0.29, 0.717) is 5.92 Å². The van der Waals surface area contributed by atoms with Crippen molar-refractivity contribution in [1.82, 2.24) is 9.55 Å². The molecule has 86 valence electrons. The number of benzene rings is 1. The van der Waals surface area contributed by atoms with Crippen molar-refractivity contribution in [1.29, 1.82) is 0 Å². The van der Waals surface area contributed by atoms with Gasteiger partial charge in [-0.3, -0.25) is 0 Å². The molecule has 1 N–H and O–H groups in total. The standard InChI is InChI=1S/C14H14N2O/c17-13-6-5-11(13)14-10-4-2-1-3-9(10)12-7-15-8-16(12)14/h1-4,7-8,11,13-14,17H,5-6H2/t11?,13?,14-/m0/s1. The van der Waals surface area contributed by atoms with Crippen LogP contribution in [-0.2, 0) is 0 Å². The van der Waals surface area contributed by atoms with Crippen molar-refractivity contribution in [3.8, 4) is 11.3 Å². The van der Waals surface area contributed by atoms with E-state index in [4.69, 9.17) is 0 Å². The number of aliphatic hydroxyl groups is 1. The first-order valence-corrected chi connectivity index (χ1v) is 6.15. The Labute approximate surface area is 99.7 Å². The van der Waals surface area contributed by atoms with Crippen LogP contribution in [0.25, 0.3) is 11.3 Å². The molecule has 0 saturated heterocycles. The van der Waals surface area contributed by atoms with Crippen molar-refractivity contribution in [3.05, 3.63) is 42.4 Å². The van der Waals surface area contributed by atoms with Crippen LogP contribution >= 0.6 is 0 Å². The van der Waals surface area contributed by atoms with Gasteiger partial charge in [0.15, 0.2) is 0 Å². The average molecular weight is 226 g/mol. The van der Waals surface area contributed by atoms with E-state index < -0.39 is 0 Å². The molecule has 1 aromatic heterocycles. The molecule has 0 spiro atoms. The van der Waals surface area contributed by atoms with Gasteiger partial charge in [-0.15, -0.1) is 0 Å². The first-order chi connectivity index (χ1) is 8.36. The van der Waals surface area contributed by atoms with E-state index in [2.05, 4.69) is 33.8 Å². The molecule has 1 saturated carbocycles. The highest BCUT2D eigenvalue weighted by atomic mass is 16.3. The zero-order valence-corrected chi connectivity index (χ0v) is 9.45. The van der Waals surface area contributed by atoms with Gasteiger partial charge in [-0.25, -0.2) is 4.98 Å². The molecule has 2 unspecified atom stereocenters. The van der Waals surface area contributed by atoms with E-state index in [0.717, 1.165) is 12.8 Å². The summed E-state index contributed by atoms with van der Waals surface area (Å²) in [5, 5.41) is 9.92. The van der Waals surface area contributed by atoms with Gasteiger partial charge in [0, 0.05) is 11.5 Å². The first-order valence-electron chi connectivity index (χ1n) is 6.15. The summed E-state index contributed by atoms with van der Waals surface area (Å²) in [4.78, 5) is 4.24. The van der Waals surface area contributed by atoms with E-state index >= 15 is 0 Å². The Bertz CT molecular complexity index is 575. The Morgan fingerprint density at radius 2 is 2.12 bits per heavy atom. The van der Waals surface area contributed by atoms with E-state index in [-0.39, 0.29) is 12.1 Å². The van der Waals surface area contributed by atoms with Gasteiger partial charge in [-0.05, 0) is 18.4 Å². The molecule has 2 heterocycles. The molecular formula is C14H14N2O. The minimum absolute atomic E-state index is 0.151. The highest BCUT2D eigenvalue weighted by molar-refractivity contribution is 5.69. The normalized spacial score (nSPS) is 29.6. The largest absolute Gasteiger partial charge is 0.393 e. The fourth-order valence-corrected chi connectivity index (χ4v) is 3.19. The minimum atomic E-state index is -0.151. The van der Waals surface area contributed by atoms with Crippen molar-refractivity contribution in [3.63, 3.8) is 0 Å². The molecule has 1 fully saturated rings. The molecule has 1 aliphatic heterocycles. The summed E-state index contributed by atoms with van der Waals surface area (Å²) in [7, 11) is 0. The lowest BCUT2D eigenvalue weighted by Gasteiger charge is -2.38. The summed E-state index contributed by atoms with van der Waals surface area (Å²) < 4.78 is 2.22. The summed E-state index contributed by atoms with van der Waals surface area (Å²) in [6.07, 6.45) is 5.71. The fraction of sp³-hybridized carbons (Fsp3) is 0.357. The highest BCUT2D eigenvalue weighted by Crippen LogP contribution is 2.48. The van der Waals surface area contributed by atoms with Crippen molar-refractivity contribution in [2.45, 2.75) is 25.0 Å². The quantitative estimate of drug-likeness (QED) is 0.809. The second kappa shape index (κ2) is 3.20. The first kappa shape index (κ1) is 9.42. The van der Waals surface area contributed by atoms with Crippen LogP contribution in [0.5, 0.6) is 0 Å². The molecule has 3 nitrogen and oxygen atoms in total.